The molecule has 2 saturated heterocycles. The standard InChI is InChI=1S/C25H31F3N4O9/c1-6-7-31-21-16(8-15(9-17(21)36)29-12(2)33)32(24(31)38)22-19(39-13(3)34)10-18(41-22)20(40-14(4)35)11-30(5)23(37)25(26,27)28/h1,15-16,18-22H,7-11H2,2-5H3,(H,29,33)/t15?,16?,18-,19+,20-,21?,22+/m0/s1. The van der Waals surface area contributed by atoms with E-state index in [-0.39, 0.29) is 31.6 Å². The third-order valence-corrected chi connectivity index (χ3v) is 6.96. The molecule has 0 spiro atoms. The fourth-order valence-corrected chi connectivity index (χ4v) is 5.58. The number of Topliss-reactive ketones (excluding diaryl/α,β-unsaturated/α-hetero) is 1. The van der Waals surface area contributed by atoms with Gasteiger partial charge in [-0.3, -0.25) is 28.9 Å². The van der Waals surface area contributed by atoms with Gasteiger partial charge in [0, 0.05) is 46.7 Å². The van der Waals surface area contributed by atoms with Gasteiger partial charge in [0.15, 0.2) is 12.0 Å². The third kappa shape index (κ3) is 7.07. The summed E-state index contributed by atoms with van der Waals surface area (Å²) in [6.45, 7) is 2.42. The van der Waals surface area contributed by atoms with Gasteiger partial charge in [-0.1, -0.05) is 5.92 Å². The van der Waals surface area contributed by atoms with Crippen LogP contribution in [0, 0.1) is 12.3 Å². The van der Waals surface area contributed by atoms with Crippen molar-refractivity contribution in [2.24, 2.45) is 0 Å². The van der Waals surface area contributed by atoms with Crippen LogP contribution in [0.5, 0.6) is 0 Å². The van der Waals surface area contributed by atoms with Crippen molar-refractivity contribution in [1.29, 1.82) is 0 Å². The Hall–Kier alpha value is -3.87. The van der Waals surface area contributed by atoms with E-state index in [1.165, 1.54) is 11.8 Å². The first kappa shape index (κ1) is 31.7. The van der Waals surface area contributed by atoms with Crippen molar-refractivity contribution in [3.8, 4) is 12.3 Å². The zero-order valence-corrected chi connectivity index (χ0v) is 22.8. The summed E-state index contributed by atoms with van der Waals surface area (Å²) in [5.74, 6) is -2.27. The smallest absolute Gasteiger partial charge is 0.458 e. The van der Waals surface area contributed by atoms with E-state index in [0.29, 0.717) is 4.90 Å². The third-order valence-electron chi connectivity index (χ3n) is 6.96. The largest absolute Gasteiger partial charge is 0.471 e. The Labute approximate surface area is 233 Å². The number of hydrogen-bond acceptors (Lipinski definition) is 9. The zero-order chi connectivity index (χ0) is 30.8. The van der Waals surface area contributed by atoms with Crippen molar-refractivity contribution in [3.63, 3.8) is 0 Å². The molecule has 41 heavy (non-hydrogen) atoms. The minimum absolute atomic E-state index is 0.0570. The number of carbonyl (C=O) groups excluding carboxylic acids is 6. The lowest BCUT2D eigenvalue weighted by molar-refractivity contribution is -0.188. The van der Waals surface area contributed by atoms with E-state index in [9.17, 15) is 41.9 Å². The summed E-state index contributed by atoms with van der Waals surface area (Å²) < 4.78 is 55.6. The maximum absolute atomic E-state index is 13.6. The number of ketones is 1. The minimum atomic E-state index is -5.19. The van der Waals surface area contributed by atoms with Gasteiger partial charge in [-0.25, -0.2) is 4.79 Å². The molecule has 0 radical (unpaired) electrons. The second kappa shape index (κ2) is 12.3. The molecule has 226 valence electrons. The lowest BCUT2D eigenvalue weighted by Gasteiger charge is -2.38. The number of fused-ring (bicyclic) bond motifs is 1. The number of hydrogen-bond donors (Lipinski definition) is 1. The van der Waals surface area contributed by atoms with Gasteiger partial charge in [-0.15, -0.1) is 6.42 Å². The van der Waals surface area contributed by atoms with Gasteiger partial charge in [0.2, 0.25) is 5.91 Å². The molecule has 13 nitrogen and oxygen atoms in total. The van der Waals surface area contributed by atoms with Crippen molar-refractivity contribution in [2.45, 2.75) is 88.9 Å². The molecule has 3 unspecified atom stereocenters. The second-order valence-electron chi connectivity index (χ2n) is 10.1. The Morgan fingerprint density at radius 3 is 2.37 bits per heavy atom. The van der Waals surface area contributed by atoms with Crippen molar-refractivity contribution < 1.29 is 56.1 Å². The number of ether oxygens (including phenoxy) is 3. The van der Waals surface area contributed by atoms with Crippen molar-refractivity contribution in [1.82, 2.24) is 20.0 Å². The van der Waals surface area contributed by atoms with Crippen LogP contribution in [0.3, 0.4) is 0 Å². The molecular formula is C25H31F3N4O9. The molecule has 0 aromatic carbocycles. The average Bonchev–Trinajstić information content (AvgIpc) is 3.34. The minimum Gasteiger partial charge on any atom is -0.458 e. The maximum Gasteiger partial charge on any atom is 0.471 e. The number of nitrogens with zero attached hydrogens (tertiary/aromatic N) is 3. The van der Waals surface area contributed by atoms with Crippen LogP contribution in [0.25, 0.3) is 0 Å². The quantitative estimate of drug-likeness (QED) is 0.304. The Balaban J connectivity index is 1.96. The highest BCUT2D eigenvalue weighted by Gasteiger charge is 2.58. The Morgan fingerprint density at radius 1 is 1.17 bits per heavy atom. The summed E-state index contributed by atoms with van der Waals surface area (Å²) in [6, 6.07) is -3.21. The van der Waals surface area contributed by atoms with Crippen molar-refractivity contribution in [2.75, 3.05) is 20.1 Å². The first-order valence-electron chi connectivity index (χ1n) is 12.7. The number of halogens is 3. The fourth-order valence-electron chi connectivity index (χ4n) is 5.58. The van der Waals surface area contributed by atoms with Crippen LogP contribution in [-0.2, 0) is 38.2 Å². The zero-order valence-electron chi connectivity index (χ0n) is 22.8. The van der Waals surface area contributed by atoms with Crippen LogP contribution in [-0.4, -0.2) is 119 Å². The van der Waals surface area contributed by atoms with Gasteiger partial charge >= 0.3 is 30.1 Å². The second-order valence-corrected chi connectivity index (χ2v) is 10.1. The molecule has 3 aliphatic rings. The molecule has 1 aliphatic carbocycles. The van der Waals surface area contributed by atoms with Gasteiger partial charge in [-0.05, 0) is 6.42 Å². The number of carbonyl (C=O) groups is 6. The summed E-state index contributed by atoms with van der Waals surface area (Å²) in [5.41, 5.74) is 0. The van der Waals surface area contributed by atoms with Crippen LogP contribution in [0.1, 0.15) is 40.0 Å². The van der Waals surface area contributed by atoms with Crippen LogP contribution < -0.4 is 5.32 Å². The predicted octanol–water partition coefficient (Wildman–Crippen LogP) is -0.0389. The van der Waals surface area contributed by atoms with Gasteiger partial charge < -0.3 is 29.3 Å². The molecule has 16 heteroatoms. The molecule has 0 aromatic rings. The van der Waals surface area contributed by atoms with E-state index >= 15 is 0 Å². The van der Waals surface area contributed by atoms with Gasteiger partial charge in [0.05, 0.1) is 19.1 Å². The van der Waals surface area contributed by atoms with Crippen LogP contribution >= 0.6 is 0 Å². The number of alkyl halides is 3. The Bertz CT molecular complexity index is 1140. The molecule has 1 saturated carbocycles. The number of terminal acetylenes is 1. The highest BCUT2D eigenvalue weighted by atomic mass is 19.4. The Morgan fingerprint density at radius 2 is 1.83 bits per heavy atom. The lowest BCUT2D eigenvalue weighted by Crippen LogP contribution is -2.56. The molecule has 3 rings (SSSR count). The lowest BCUT2D eigenvalue weighted by atomic mass is 9.85. The summed E-state index contributed by atoms with van der Waals surface area (Å²) in [6.07, 6.45) is -5.13. The summed E-state index contributed by atoms with van der Waals surface area (Å²) in [7, 11) is 0.865. The number of likely N-dealkylation sites (N-methyl/N-ethyl adjacent to an activating group) is 1. The number of nitrogens with one attached hydrogen (secondary N) is 1. The number of esters is 2. The SMILES string of the molecule is C#CCN1C(=O)N([C@@H]2O[C@H]([C@H](CN(C)C(=O)C(F)(F)F)OC(C)=O)C[C@H]2OC(C)=O)C2CC(NC(C)=O)CC(=O)C21. The van der Waals surface area contributed by atoms with E-state index < -0.39 is 85.2 Å². The summed E-state index contributed by atoms with van der Waals surface area (Å²) in [4.78, 5) is 76.6. The van der Waals surface area contributed by atoms with Crippen LogP contribution in [0.2, 0.25) is 0 Å². The summed E-state index contributed by atoms with van der Waals surface area (Å²) in [5, 5.41) is 2.66. The maximum atomic E-state index is 13.6. The molecule has 4 amide bonds. The monoisotopic (exact) mass is 588 g/mol. The predicted molar refractivity (Wildman–Crippen MR) is 130 cm³/mol. The summed E-state index contributed by atoms with van der Waals surface area (Å²) >= 11 is 0. The van der Waals surface area contributed by atoms with Gasteiger partial charge in [0.25, 0.3) is 0 Å². The number of rotatable bonds is 8. The van der Waals surface area contributed by atoms with Crippen LogP contribution in [0.4, 0.5) is 18.0 Å². The highest BCUT2D eigenvalue weighted by molar-refractivity contribution is 5.94. The molecular weight excluding hydrogens is 557 g/mol. The van der Waals surface area contributed by atoms with E-state index in [1.807, 2.05) is 0 Å². The number of urea groups is 1. The fraction of sp³-hybridized carbons (Fsp3) is 0.680. The van der Waals surface area contributed by atoms with Gasteiger partial charge in [-0.2, -0.15) is 13.2 Å². The molecule has 1 N–H and O–H groups in total. The average molecular weight is 589 g/mol. The van der Waals surface area contributed by atoms with Crippen molar-refractivity contribution >= 4 is 35.6 Å². The molecule has 0 bridgehead atoms. The van der Waals surface area contributed by atoms with E-state index in [2.05, 4.69) is 11.2 Å². The highest BCUT2D eigenvalue weighted by Crippen LogP contribution is 2.39. The normalized spacial score (nSPS) is 28.4. The molecule has 0 aromatic heterocycles. The first-order chi connectivity index (χ1) is 19.0. The molecule has 2 aliphatic heterocycles. The molecule has 2 heterocycles. The molecule has 3 fully saturated rings. The van der Waals surface area contributed by atoms with E-state index in [1.54, 1.807) is 0 Å². The Kier molecular flexibility index (Phi) is 9.52. The van der Waals surface area contributed by atoms with Crippen LogP contribution in [0.15, 0.2) is 0 Å². The number of amides is 4. The van der Waals surface area contributed by atoms with E-state index in [4.69, 9.17) is 20.6 Å². The molecule has 7 atom stereocenters. The topological polar surface area (TPSA) is 152 Å². The van der Waals surface area contributed by atoms with Crippen molar-refractivity contribution in [3.05, 3.63) is 0 Å². The first-order valence-corrected chi connectivity index (χ1v) is 12.7. The van der Waals surface area contributed by atoms with E-state index in [0.717, 1.165) is 25.8 Å². The van der Waals surface area contributed by atoms with Gasteiger partial charge in [0.1, 0.15) is 24.4 Å².